The number of aromatic amines is 6. The van der Waals surface area contributed by atoms with Crippen molar-refractivity contribution in [2.45, 2.75) is 146 Å². The molecule has 6 rings (SSSR count). The summed E-state index contributed by atoms with van der Waals surface area (Å²) < 4.78 is 0. The van der Waals surface area contributed by atoms with Gasteiger partial charge in [-0.3, -0.25) is 62.3 Å². The Kier molecular flexibility index (Phi) is 29.1. The number of carbonyl (C=O) groups excluding carboxylic acids is 11. The lowest BCUT2D eigenvalue weighted by atomic mass is 9.96. The van der Waals surface area contributed by atoms with Crippen molar-refractivity contribution in [3.63, 3.8) is 0 Å². The second kappa shape index (κ2) is 37.9. The molecule has 0 aliphatic rings. The molecule has 6 aromatic heterocycles. The first-order valence-electron chi connectivity index (χ1n) is 31.2. The van der Waals surface area contributed by atoms with Crippen LogP contribution in [0.1, 0.15) is 81.1 Å². The van der Waals surface area contributed by atoms with Gasteiger partial charge in [-0.05, 0) is 11.8 Å². The van der Waals surface area contributed by atoms with Crippen LogP contribution in [0.4, 0.5) is 0 Å². The maximum absolute atomic E-state index is 14.7. The van der Waals surface area contributed by atoms with Crippen molar-refractivity contribution in [3.05, 3.63) is 109 Å². The number of carboxylic acids is 3. The molecule has 0 fully saturated rings. The van der Waals surface area contributed by atoms with Gasteiger partial charge in [0.2, 0.25) is 65.0 Å². The van der Waals surface area contributed by atoms with Gasteiger partial charge in [0.05, 0.1) is 69.9 Å². The normalized spacial score (nSPS) is 14.4. The summed E-state index contributed by atoms with van der Waals surface area (Å²) in [4.78, 5) is 229. The average molecular weight is 1400 g/mol. The summed E-state index contributed by atoms with van der Waals surface area (Å²) in [6.07, 6.45) is 13.0. The third kappa shape index (κ3) is 24.8. The molecule has 100 heavy (non-hydrogen) atoms. The highest BCUT2D eigenvalue weighted by Crippen LogP contribution is 2.14. The monoisotopic (exact) mass is 1400 g/mol. The maximum Gasteiger partial charge on any atom is 0.326 e. The molecule has 11 amide bonds. The molecule has 6 heterocycles. The molecule has 0 aromatic carbocycles. The molecule has 0 aliphatic carbocycles. The van der Waals surface area contributed by atoms with E-state index in [0.717, 1.165) is 0 Å². The fourth-order valence-corrected chi connectivity index (χ4v) is 9.75. The van der Waals surface area contributed by atoms with Crippen LogP contribution in [0.3, 0.4) is 0 Å². The van der Waals surface area contributed by atoms with Crippen molar-refractivity contribution in [2.75, 3.05) is 13.1 Å². The standard InChI is InChI=1S/C59H80N24O17/c1-5-29(4)49(83-50(90)36(60)12-46(86)87)58(98)82-48(28(2)3)57(97)80-42(13-47(88)89)51(91)68-20-44(84)67-21-45(85)75-37(6-30-14-61-22-69-30)52(92)76-38(7-31-15-62-23-70-31)53(93)77-39(8-32-16-63-24-71-32)54(94)78-40(9-33-17-64-25-72-33)55(95)79-41(10-34-18-65-26-73-34)56(96)81-43(59(99)100)11-35-19-66-27-74-35/h14-19,22-29,36-43,48-49H,5-13,20-21,60H2,1-4H3,(H,61,69)(H,62,70)(H,63,71)(H,64,72)(H,65,73)(H,66,74)(H,67,84)(H,68,91)(H,75,85)(H,76,92)(H,77,93)(H,78,94)(H,79,95)(H,80,97)(H,81,96)(H,82,98)(H,83,90)(H,86,87)(H,88,89)(H,99,100)/t29-,36-,37-,38-,39-,40-,41-,42-,43-,48-,49-/m0/s1. The fraction of sp³-hybridized carbons (Fsp3) is 0.458. The summed E-state index contributed by atoms with van der Waals surface area (Å²) in [6, 6.07) is -15.3. The number of amides is 11. The van der Waals surface area contributed by atoms with Gasteiger partial charge in [-0.25, -0.2) is 34.7 Å². The Hall–Kier alpha value is -12.2. The largest absolute Gasteiger partial charge is 0.481 e. The van der Waals surface area contributed by atoms with Crippen molar-refractivity contribution in [3.8, 4) is 0 Å². The summed E-state index contributed by atoms with van der Waals surface area (Å²) in [7, 11) is 0. The van der Waals surface area contributed by atoms with Crippen LogP contribution < -0.4 is 64.2 Å². The molecule has 0 aliphatic heterocycles. The lowest BCUT2D eigenvalue weighted by molar-refractivity contribution is -0.142. The fourth-order valence-electron chi connectivity index (χ4n) is 9.75. The van der Waals surface area contributed by atoms with E-state index in [9.17, 15) is 77.3 Å². The zero-order chi connectivity index (χ0) is 73.0. The first kappa shape index (κ1) is 76.8. The van der Waals surface area contributed by atoms with Crippen molar-refractivity contribution >= 4 is 82.9 Å². The second-order valence-electron chi connectivity index (χ2n) is 23.4. The predicted molar refractivity (Wildman–Crippen MR) is 342 cm³/mol. The third-order valence-corrected chi connectivity index (χ3v) is 15.3. The second-order valence-corrected chi connectivity index (χ2v) is 23.4. The summed E-state index contributed by atoms with van der Waals surface area (Å²) in [6.45, 7) is 4.61. The van der Waals surface area contributed by atoms with E-state index >= 15 is 0 Å². The molecule has 41 heteroatoms. The van der Waals surface area contributed by atoms with Gasteiger partial charge in [0.1, 0.15) is 54.4 Å². The van der Waals surface area contributed by atoms with Crippen molar-refractivity contribution < 1.29 is 82.4 Å². The average Bonchev–Trinajstić information content (AvgIpc) is 1.61. The number of aliphatic carboxylic acids is 3. The van der Waals surface area contributed by atoms with E-state index in [2.05, 4.69) is 118 Å². The number of carboxylic acid groups (broad SMARTS) is 3. The highest BCUT2D eigenvalue weighted by atomic mass is 16.4. The maximum atomic E-state index is 14.7. The Balaban J connectivity index is 1.13. The van der Waals surface area contributed by atoms with E-state index < -0.39 is 181 Å². The van der Waals surface area contributed by atoms with Gasteiger partial charge in [0.25, 0.3) is 0 Å². The summed E-state index contributed by atoms with van der Waals surface area (Å²) >= 11 is 0. The van der Waals surface area contributed by atoms with Gasteiger partial charge >= 0.3 is 17.9 Å². The SMILES string of the molecule is CC[C@H](C)[C@H](NC(=O)[C@@H](N)CC(=O)O)C(=O)N[C@H](C(=O)N[C@@H](CC(=O)O)C(=O)NCC(=O)NCC(=O)N[C@@H](Cc1cnc[nH]1)C(=O)N[C@@H](Cc1cnc[nH]1)C(=O)N[C@@H](Cc1cnc[nH]1)C(=O)N[C@@H](Cc1cnc[nH]1)C(=O)N[C@@H](Cc1cnc[nH]1)C(=O)N[C@@H](Cc1cnc[nH]1)C(=O)O)C(C)C. The van der Waals surface area contributed by atoms with Crippen molar-refractivity contribution in [1.82, 2.24) is 118 Å². The van der Waals surface area contributed by atoms with E-state index in [0.29, 0.717) is 40.6 Å². The minimum absolute atomic E-state index is 0.202. The van der Waals surface area contributed by atoms with Crippen molar-refractivity contribution in [2.24, 2.45) is 17.6 Å². The summed E-state index contributed by atoms with van der Waals surface area (Å²) in [5.74, 6) is -16.4. The first-order valence-corrected chi connectivity index (χ1v) is 31.2. The molecule has 41 nitrogen and oxygen atoms in total. The number of nitrogens with zero attached hydrogens (tertiary/aromatic N) is 6. The molecule has 0 bridgehead atoms. The quantitative estimate of drug-likeness (QED) is 0.0169. The van der Waals surface area contributed by atoms with Crippen LogP contribution in [0.5, 0.6) is 0 Å². The van der Waals surface area contributed by atoms with Crippen LogP contribution in [-0.4, -0.2) is 232 Å². The Morgan fingerprint density at radius 2 is 0.680 bits per heavy atom. The molecule has 11 atom stereocenters. The lowest BCUT2D eigenvalue weighted by Gasteiger charge is -2.29. The number of rotatable bonds is 42. The van der Waals surface area contributed by atoms with Gasteiger partial charge in [0.15, 0.2) is 0 Å². The van der Waals surface area contributed by atoms with Crippen LogP contribution >= 0.6 is 0 Å². The van der Waals surface area contributed by atoms with E-state index in [1.165, 1.54) is 89.0 Å². The smallest absolute Gasteiger partial charge is 0.326 e. The van der Waals surface area contributed by atoms with E-state index in [-0.39, 0.29) is 38.5 Å². The number of imidazole rings is 6. The van der Waals surface area contributed by atoms with E-state index in [1.807, 2.05) is 0 Å². The Bertz CT molecular complexity index is 3700. The van der Waals surface area contributed by atoms with Gasteiger partial charge in [-0.1, -0.05) is 34.1 Å². The van der Waals surface area contributed by atoms with Crippen LogP contribution in [0.2, 0.25) is 0 Å². The number of hydrogen-bond donors (Lipinski definition) is 21. The molecule has 0 spiro atoms. The van der Waals surface area contributed by atoms with Gasteiger partial charge < -0.3 is 109 Å². The Morgan fingerprint density at radius 1 is 0.370 bits per heavy atom. The molecule has 538 valence electrons. The molecule has 0 radical (unpaired) electrons. The number of nitrogens with two attached hydrogens (primary N) is 1. The molecule has 22 N–H and O–H groups in total. The molecule has 0 saturated carbocycles. The molecule has 6 aromatic rings. The topological polar surface area (TPSA) is 630 Å². The Labute approximate surface area is 567 Å². The molecule has 0 saturated heterocycles. The lowest BCUT2D eigenvalue weighted by Crippen LogP contribution is -2.61. The highest BCUT2D eigenvalue weighted by Gasteiger charge is 2.38. The van der Waals surface area contributed by atoms with E-state index in [1.54, 1.807) is 13.8 Å². The number of nitrogens with one attached hydrogen (secondary N) is 17. The van der Waals surface area contributed by atoms with Crippen LogP contribution in [0, 0.1) is 11.8 Å². The predicted octanol–water partition coefficient (Wildman–Crippen LogP) is -6.56. The van der Waals surface area contributed by atoms with Gasteiger partial charge in [0, 0.05) is 110 Å². The molecule has 0 unspecified atom stereocenters. The van der Waals surface area contributed by atoms with Gasteiger partial charge in [-0.2, -0.15) is 0 Å². The van der Waals surface area contributed by atoms with Crippen LogP contribution in [0.15, 0.2) is 75.1 Å². The molecular weight excluding hydrogens is 1320 g/mol. The summed E-state index contributed by atoms with van der Waals surface area (Å²) in [5.41, 5.74) is 7.70. The van der Waals surface area contributed by atoms with E-state index in [4.69, 9.17) is 10.8 Å². The Morgan fingerprint density at radius 3 is 1.00 bits per heavy atom. The van der Waals surface area contributed by atoms with Crippen LogP contribution in [0.25, 0.3) is 0 Å². The number of hydrogen-bond acceptors (Lipinski definition) is 21. The van der Waals surface area contributed by atoms with Crippen molar-refractivity contribution in [1.29, 1.82) is 0 Å². The molecular formula is C59H80N24O17. The first-order chi connectivity index (χ1) is 47.7. The third-order valence-electron chi connectivity index (χ3n) is 15.3. The number of carbonyl (C=O) groups is 14. The number of aromatic nitrogens is 12. The van der Waals surface area contributed by atoms with Crippen LogP contribution in [-0.2, 0) is 106 Å². The van der Waals surface area contributed by atoms with Gasteiger partial charge in [-0.15, -0.1) is 0 Å². The number of H-pyrrole nitrogens is 6. The zero-order valence-corrected chi connectivity index (χ0v) is 54.5. The summed E-state index contributed by atoms with van der Waals surface area (Å²) in [5, 5.41) is 55.9. The minimum atomic E-state index is -1.84. The highest BCUT2D eigenvalue weighted by molar-refractivity contribution is 5.99. The minimum Gasteiger partial charge on any atom is -0.481 e. The zero-order valence-electron chi connectivity index (χ0n) is 54.5.